The van der Waals surface area contributed by atoms with Crippen molar-refractivity contribution in [1.29, 1.82) is 0 Å². The number of carbonyl (C=O) groups is 2. The number of benzene rings is 1. The summed E-state index contributed by atoms with van der Waals surface area (Å²) in [7, 11) is 0. The second-order valence-electron chi connectivity index (χ2n) is 5.80. The Hall–Kier alpha value is -1.96. The SMILES string of the molecule is C[C@@H]1CCCN1C(=O)/C=C1\Sc2ccc(C(F)(F)F)cc2NC1=O. The summed E-state index contributed by atoms with van der Waals surface area (Å²) in [6, 6.07) is 3.30. The van der Waals surface area contributed by atoms with Gasteiger partial charge in [-0.05, 0) is 38.0 Å². The summed E-state index contributed by atoms with van der Waals surface area (Å²) in [5.74, 6) is -0.806. The van der Waals surface area contributed by atoms with Crippen LogP contribution in [-0.2, 0) is 15.8 Å². The first-order valence-corrected chi connectivity index (χ1v) is 8.30. The van der Waals surface area contributed by atoms with E-state index in [2.05, 4.69) is 5.32 Å². The van der Waals surface area contributed by atoms with Crippen LogP contribution in [0, 0.1) is 0 Å². The predicted molar refractivity (Wildman–Crippen MR) is 84.4 cm³/mol. The Morgan fingerprint density at radius 3 is 2.79 bits per heavy atom. The summed E-state index contributed by atoms with van der Waals surface area (Å²) in [4.78, 5) is 26.7. The minimum Gasteiger partial charge on any atom is -0.336 e. The summed E-state index contributed by atoms with van der Waals surface area (Å²) in [6.45, 7) is 2.60. The van der Waals surface area contributed by atoms with Gasteiger partial charge < -0.3 is 10.2 Å². The third kappa shape index (κ3) is 3.28. The van der Waals surface area contributed by atoms with Crippen LogP contribution in [0.1, 0.15) is 25.3 Å². The van der Waals surface area contributed by atoms with E-state index < -0.39 is 17.6 Å². The second kappa shape index (κ2) is 6.16. The standard InChI is InChI=1S/C16H15F3N2O2S/c1-9-3-2-6-21(9)14(22)8-13-15(23)20-11-7-10(16(17,18)19)4-5-12(11)24-13/h4-5,7-9H,2-3,6H2,1H3,(H,20,23)/b13-8-/t9-/m1/s1. The minimum absolute atomic E-state index is 0.110. The predicted octanol–water partition coefficient (Wildman–Crippen LogP) is 3.64. The van der Waals surface area contributed by atoms with E-state index in [9.17, 15) is 22.8 Å². The smallest absolute Gasteiger partial charge is 0.336 e. The maximum atomic E-state index is 12.7. The fraction of sp³-hybridized carbons (Fsp3) is 0.375. The molecule has 0 saturated carbocycles. The molecule has 0 aliphatic carbocycles. The van der Waals surface area contributed by atoms with Gasteiger partial charge in [-0.3, -0.25) is 9.59 Å². The van der Waals surface area contributed by atoms with Crippen molar-refractivity contribution in [3.8, 4) is 0 Å². The molecule has 1 saturated heterocycles. The highest BCUT2D eigenvalue weighted by molar-refractivity contribution is 8.04. The van der Waals surface area contributed by atoms with Gasteiger partial charge in [0.2, 0.25) is 5.91 Å². The van der Waals surface area contributed by atoms with Crippen molar-refractivity contribution in [2.45, 2.75) is 36.9 Å². The number of carbonyl (C=O) groups excluding carboxylic acids is 2. The normalized spacial score (nSPS) is 22.5. The molecule has 24 heavy (non-hydrogen) atoms. The zero-order valence-electron chi connectivity index (χ0n) is 12.8. The number of alkyl halides is 3. The molecule has 3 rings (SSSR count). The van der Waals surface area contributed by atoms with Crippen LogP contribution in [0.2, 0.25) is 0 Å². The van der Waals surface area contributed by atoms with E-state index in [4.69, 9.17) is 0 Å². The Kier molecular flexibility index (Phi) is 4.33. The van der Waals surface area contributed by atoms with Crippen molar-refractivity contribution in [2.75, 3.05) is 11.9 Å². The molecule has 0 bridgehead atoms. The number of halogens is 3. The number of thioether (sulfide) groups is 1. The van der Waals surface area contributed by atoms with Crippen LogP contribution in [0.15, 0.2) is 34.1 Å². The van der Waals surface area contributed by atoms with Gasteiger partial charge in [-0.25, -0.2) is 0 Å². The van der Waals surface area contributed by atoms with Crippen LogP contribution in [0.4, 0.5) is 18.9 Å². The van der Waals surface area contributed by atoms with E-state index in [0.29, 0.717) is 11.4 Å². The molecule has 0 aromatic heterocycles. The van der Waals surface area contributed by atoms with Crippen LogP contribution in [-0.4, -0.2) is 29.3 Å². The molecule has 1 N–H and O–H groups in total. The molecule has 1 fully saturated rings. The lowest BCUT2D eigenvalue weighted by atomic mass is 10.2. The topological polar surface area (TPSA) is 49.4 Å². The molecule has 2 heterocycles. The average Bonchev–Trinajstić information content (AvgIpc) is 2.92. The zero-order chi connectivity index (χ0) is 17.5. The number of hydrogen-bond donors (Lipinski definition) is 1. The van der Waals surface area contributed by atoms with E-state index >= 15 is 0 Å². The van der Waals surface area contributed by atoms with Crippen LogP contribution >= 0.6 is 11.8 Å². The Morgan fingerprint density at radius 2 is 2.17 bits per heavy atom. The number of rotatable bonds is 1. The third-order valence-corrected chi connectivity index (χ3v) is 5.19. The van der Waals surface area contributed by atoms with Crippen LogP contribution < -0.4 is 5.32 Å². The molecule has 1 atom stereocenters. The molecule has 1 aromatic carbocycles. The Balaban J connectivity index is 1.83. The quantitative estimate of drug-likeness (QED) is 0.782. The highest BCUT2D eigenvalue weighted by atomic mass is 32.2. The van der Waals surface area contributed by atoms with E-state index in [-0.39, 0.29) is 22.5 Å². The first-order valence-electron chi connectivity index (χ1n) is 7.48. The van der Waals surface area contributed by atoms with Crippen molar-refractivity contribution >= 4 is 29.3 Å². The van der Waals surface area contributed by atoms with E-state index in [1.54, 1.807) is 4.90 Å². The fourth-order valence-electron chi connectivity index (χ4n) is 2.79. The molecule has 2 amide bonds. The van der Waals surface area contributed by atoms with Gasteiger partial charge in [-0.1, -0.05) is 11.8 Å². The highest BCUT2D eigenvalue weighted by Gasteiger charge is 2.33. The van der Waals surface area contributed by atoms with Gasteiger partial charge in [-0.15, -0.1) is 0 Å². The molecule has 2 aliphatic heterocycles. The van der Waals surface area contributed by atoms with Gasteiger partial charge in [0.05, 0.1) is 16.2 Å². The largest absolute Gasteiger partial charge is 0.416 e. The van der Waals surface area contributed by atoms with Crippen molar-refractivity contribution in [3.63, 3.8) is 0 Å². The monoisotopic (exact) mass is 356 g/mol. The number of nitrogens with zero attached hydrogens (tertiary/aromatic N) is 1. The lowest BCUT2D eigenvalue weighted by Gasteiger charge is -2.22. The molecule has 8 heteroatoms. The third-order valence-electron chi connectivity index (χ3n) is 4.09. The van der Waals surface area contributed by atoms with Crippen molar-refractivity contribution < 1.29 is 22.8 Å². The Bertz CT molecular complexity index is 731. The lowest BCUT2D eigenvalue weighted by molar-refractivity contribution is -0.137. The van der Waals surface area contributed by atoms with Crippen molar-refractivity contribution in [2.24, 2.45) is 0 Å². The number of nitrogens with one attached hydrogen (secondary N) is 1. The van der Waals surface area contributed by atoms with Gasteiger partial charge in [0, 0.05) is 23.6 Å². The van der Waals surface area contributed by atoms with Crippen LogP contribution in [0.3, 0.4) is 0 Å². The summed E-state index contributed by atoms with van der Waals surface area (Å²) < 4.78 is 38.2. The first-order chi connectivity index (χ1) is 11.3. The first kappa shape index (κ1) is 16.9. The molecule has 1 aromatic rings. The van der Waals surface area contributed by atoms with Crippen molar-refractivity contribution in [3.05, 3.63) is 34.7 Å². The molecule has 0 radical (unpaired) electrons. The van der Waals surface area contributed by atoms with Crippen LogP contribution in [0.25, 0.3) is 0 Å². The van der Waals surface area contributed by atoms with Gasteiger partial charge in [-0.2, -0.15) is 13.2 Å². The molecule has 2 aliphatic rings. The zero-order valence-corrected chi connectivity index (χ0v) is 13.6. The Labute approximate surface area is 141 Å². The number of likely N-dealkylation sites (tertiary alicyclic amines) is 1. The van der Waals surface area contributed by atoms with Gasteiger partial charge in [0.1, 0.15) is 0 Å². The maximum Gasteiger partial charge on any atom is 0.416 e. The number of anilines is 1. The van der Waals surface area contributed by atoms with Gasteiger partial charge in [0.15, 0.2) is 0 Å². The van der Waals surface area contributed by atoms with E-state index in [1.165, 1.54) is 12.1 Å². The summed E-state index contributed by atoms with van der Waals surface area (Å²) in [6.07, 6.45) is -1.35. The Morgan fingerprint density at radius 1 is 1.42 bits per heavy atom. The van der Waals surface area contributed by atoms with Gasteiger partial charge in [0.25, 0.3) is 5.91 Å². The number of hydrogen-bond acceptors (Lipinski definition) is 3. The van der Waals surface area contributed by atoms with E-state index in [1.807, 2.05) is 6.92 Å². The van der Waals surface area contributed by atoms with Gasteiger partial charge >= 0.3 is 6.18 Å². The maximum absolute atomic E-state index is 12.7. The summed E-state index contributed by atoms with van der Waals surface area (Å²) >= 11 is 1.01. The molecule has 0 spiro atoms. The highest BCUT2D eigenvalue weighted by Crippen LogP contribution is 2.41. The molecule has 4 nitrogen and oxygen atoms in total. The summed E-state index contributed by atoms with van der Waals surface area (Å²) in [5.41, 5.74) is -0.712. The van der Waals surface area contributed by atoms with Crippen molar-refractivity contribution in [1.82, 2.24) is 4.90 Å². The average molecular weight is 356 g/mol. The number of fused-ring (bicyclic) bond motifs is 1. The second-order valence-corrected chi connectivity index (χ2v) is 6.88. The fourth-order valence-corrected chi connectivity index (χ4v) is 3.69. The summed E-state index contributed by atoms with van der Waals surface area (Å²) in [5, 5.41) is 2.43. The molecule has 0 unspecified atom stereocenters. The minimum atomic E-state index is -4.47. The van der Waals surface area contributed by atoms with Crippen LogP contribution in [0.5, 0.6) is 0 Å². The van der Waals surface area contributed by atoms with E-state index in [0.717, 1.165) is 36.7 Å². The lowest BCUT2D eigenvalue weighted by Crippen LogP contribution is -2.33. The molecule has 128 valence electrons. The number of amides is 2. The molecular formula is C16H15F3N2O2S. The molecular weight excluding hydrogens is 341 g/mol.